The van der Waals surface area contributed by atoms with E-state index in [1.807, 2.05) is 6.07 Å². The average Bonchev–Trinajstić information content (AvgIpc) is 2.70. The summed E-state index contributed by atoms with van der Waals surface area (Å²) in [6.07, 6.45) is 2.83. The largest absolute Gasteiger partial charge is 0.263 e. The first-order valence-electron chi connectivity index (χ1n) is 10.2. The third-order valence-corrected chi connectivity index (χ3v) is 5.86. The molecule has 0 amide bonds. The Bertz CT molecular complexity index is 741. The summed E-state index contributed by atoms with van der Waals surface area (Å²) >= 11 is 1.65. The van der Waals surface area contributed by atoms with Crippen LogP contribution in [-0.2, 0) is 6.42 Å². The van der Waals surface area contributed by atoms with Gasteiger partial charge in [0.1, 0.15) is 0 Å². The van der Waals surface area contributed by atoms with Gasteiger partial charge in [-0.2, -0.15) is 0 Å². The van der Waals surface area contributed by atoms with Gasteiger partial charge in [-0.3, -0.25) is 0 Å². The van der Waals surface area contributed by atoms with Gasteiger partial charge in [0.15, 0.2) is 0 Å². The highest BCUT2D eigenvalue weighted by Gasteiger charge is 2.15. The SMILES string of the molecule is CCCCC(/C(C)=N/SCCC)c1ccc(Cc2cccc(C(F)F)c2)cc1. The predicted octanol–water partition coefficient (Wildman–Crippen LogP) is 8.01. The van der Waals surface area contributed by atoms with E-state index in [1.54, 1.807) is 24.1 Å². The molecule has 2 rings (SSSR count). The van der Waals surface area contributed by atoms with E-state index in [1.165, 1.54) is 30.2 Å². The van der Waals surface area contributed by atoms with Gasteiger partial charge in [0.05, 0.1) is 0 Å². The van der Waals surface area contributed by atoms with Crippen molar-refractivity contribution in [2.24, 2.45) is 4.40 Å². The number of unbranched alkanes of at least 4 members (excludes halogenated alkanes) is 1. The molecule has 0 N–H and O–H groups in total. The summed E-state index contributed by atoms with van der Waals surface area (Å²) in [4.78, 5) is 0. The molecule has 0 heterocycles. The molecule has 2 aromatic carbocycles. The predicted molar refractivity (Wildman–Crippen MR) is 119 cm³/mol. The molecule has 0 bridgehead atoms. The van der Waals surface area contributed by atoms with E-state index >= 15 is 0 Å². The van der Waals surface area contributed by atoms with Crippen LogP contribution in [0, 0.1) is 0 Å². The van der Waals surface area contributed by atoms with Crippen LogP contribution in [0.25, 0.3) is 0 Å². The zero-order valence-electron chi connectivity index (χ0n) is 17.1. The van der Waals surface area contributed by atoms with Gasteiger partial charge in [-0.15, -0.1) is 0 Å². The molecule has 0 spiro atoms. The first kappa shape index (κ1) is 22.6. The molecule has 0 fully saturated rings. The second-order valence-corrected chi connectivity index (χ2v) is 8.07. The Labute approximate surface area is 172 Å². The van der Waals surface area contributed by atoms with E-state index in [4.69, 9.17) is 4.40 Å². The van der Waals surface area contributed by atoms with Crippen molar-refractivity contribution in [2.45, 2.75) is 65.2 Å². The van der Waals surface area contributed by atoms with Crippen molar-refractivity contribution < 1.29 is 8.78 Å². The summed E-state index contributed by atoms with van der Waals surface area (Å²) in [6.45, 7) is 6.51. The molecule has 2 aromatic rings. The van der Waals surface area contributed by atoms with Crippen molar-refractivity contribution in [3.8, 4) is 0 Å². The summed E-state index contributed by atoms with van der Waals surface area (Å²) in [7, 11) is 0. The normalized spacial score (nSPS) is 13.1. The molecule has 0 aromatic heterocycles. The fourth-order valence-electron chi connectivity index (χ4n) is 3.27. The lowest BCUT2D eigenvalue weighted by molar-refractivity contribution is 0.151. The van der Waals surface area contributed by atoms with Crippen molar-refractivity contribution in [2.75, 3.05) is 5.75 Å². The second-order valence-electron chi connectivity index (χ2n) is 7.22. The van der Waals surface area contributed by atoms with Crippen LogP contribution in [0.4, 0.5) is 8.78 Å². The van der Waals surface area contributed by atoms with Gasteiger partial charge < -0.3 is 0 Å². The molecule has 0 saturated carbocycles. The number of hydrogen-bond acceptors (Lipinski definition) is 2. The van der Waals surface area contributed by atoms with Crippen LogP contribution in [0.1, 0.15) is 81.1 Å². The minimum atomic E-state index is -2.42. The van der Waals surface area contributed by atoms with Crippen LogP contribution in [0.3, 0.4) is 0 Å². The van der Waals surface area contributed by atoms with Gasteiger partial charge in [-0.1, -0.05) is 69.2 Å². The number of benzene rings is 2. The maximum Gasteiger partial charge on any atom is 0.263 e. The molecule has 152 valence electrons. The van der Waals surface area contributed by atoms with Crippen LogP contribution in [0.15, 0.2) is 52.9 Å². The van der Waals surface area contributed by atoms with E-state index in [2.05, 4.69) is 45.0 Å². The number of rotatable bonds is 11. The Kier molecular flexibility index (Phi) is 9.69. The first-order valence-corrected chi connectivity index (χ1v) is 11.1. The quantitative estimate of drug-likeness (QED) is 0.210. The fourth-order valence-corrected chi connectivity index (χ4v) is 3.87. The highest BCUT2D eigenvalue weighted by atomic mass is 32.2. The van der Waals surface area contributed by atoms with E-state index in [0.717, 1.165) is 29.7 Å². The van der Waals surface area contributed by atoms with Gasteiger partial charge in [0.25, 0.3) is 6.43 Å². The van der Waals surface area contributed by atoms with Crippen molar-refractivity contribution in [1.82, 2.24) is 0 Å². The summed E-state index contributed by atoms with van der Waals surface area (Å²) in [5, 5.41) is 0. The van der Waals surface area contributed by atoms with Gasteiger partial charge in [0, 0.05) is 22.9 Å². The summed E-state index contributed by atoms with van der Waals surface area (Å²) in [6, 6.07) is 15.3. The van der Waals surface area contributed by atoms with E-state index in [0.29, 0.717) is 12.3 Å². The molecule has 0 saturated heterocycles. The van der Waals surface area contributed by atoms with Crippen LogP contribution in [-0.4, -0.2) is 11.5 Å². The third-order valence-electron chi connectivity index (χ3n) is 4.85. The van der Waals surface area contributed by atoms with E-state index in [9.17, 15) is 8.78 Å². The van der Waals surface area contributed by atoms with Crippen LogP contribution in [0.2, 0.25) is 0 Å². The molecular formula is C24H31F2NS. The number of halogens is 2. The zero-order chi connectivity index (χ0) is 20.4. The van der Waals surface area contributed by atoms with Gasteiger partial charge in [-0.25, -0.2) is 13.2 Å². The van der Waals surface area contributed by atoms with Crippen LogP contribution in [0.5, 0.6) is 0 Å². The molecule has 1 unspecified atom stereocenters. The monoisotopic (exact) mass is 403 g/mol. The van der Waals surface area contributed by atoms with Gasteiger partial charge in [-0.05, 0) is 60.9 Å². The molecule has 1 atom stereocenters. The lowest BCUT2D eigenvalue weighted by Gasteiger charge is -2.18. The van der Waals surface area contributed by atoms with Gasteiger partial charge >= 0.3 is 0 Å². The van der Waals surface area contributed by atoms with Crippen molar-refractivity contribution in [3.05, 3.63) is 70.8 Å². The molecule has 0 aliphatic rings. The molecular weight excluding hydrogens is 372 g/mol. The van der Waals surface area contributed by atoms with E-state index in [-0.39, 0.29) is 5.56 Å². The van der Waals surface area contributed by atoms with Crippen molar-refractivity contribution >= 4 is 17.7 Å². The second kappa shape index (κ2) is 12.0. The Hall–Kier alpha value is -1.68. The van der Waals surface area contributed by atoms with Crippen LogP contribution >= 0.6 is 11.9 Å². The number of nitrogens with zero attached hydrogens (tertiary/aromatic N) is 1. The zero-order valence-corrected chi connectivity index (χ0v) is 17.9. The lowest BCUT2D eigenvalue weighted by Crippen LogP contribution is -2.09. The first-order chi connectivity index (χ1) is 13.5. The standard InChI is InChI=1S/C24H31F2NS/c1-4-6-10-23(18(3)27-28-15-5-2)21-13-11-19(12-14-21)16-20-8-7-9-22(17-20)24(25)26/h7-9,11-14,17,23-24H,4-6,10,15-16H2,1-3H3/b27-18+. The van der Waals surface area contributed by atoms with Crippen LogP contribution < -0.4 is 0 Å². The highest BCUT2D eigenvalue weighted by Crippen LogP contribution is 2.27. The summed E-state index contributed by atoms with van der Waals surface area (Å²) in [5.41, 5.74) is 4.62. The average molecular weight is 404 g/mol. The lowest BCUT2D eigenvalue weighted by atomic mass is 9.89. The molecule has 28 heavy (non-hydrogen) atoms. The Morgan fingerprint density at radius 3 is 2.36 bits per heavy atom. The van der Waals surface area contributed by atoms with Gasteiger partial charge in [0.2, 0.25) is 0 Å². The minimum absolute atomic E-state index is 0.0881. The maximum absolute atomic E-state index is 12.9. The smallest absolute Gasteiger partial charge is 0.225 e. The van der Waals surface area contributed by atoms with E-state index < -0.39 is 6.43 Å². The number of alkyl halides is 2. The topological polar surface area (TPSA) is 12.4 Å². The minimum Gasteiger partial charge on any atom is -0.225 e. The fraction of sp³-hybridized carbons (Fsp3) is 0.458. The Morgan fingerprint density at radius 1 is 0.964 bits per heavy atom. The number of hydrogen-bond donors (Lipinski definition) is 0. The van der Waals surface area contributed by atoms with Crippen molar-refractivity contribution in [3.63, 3.8) is 0 Å². The molecule has 0 aliphatic heterocycles. The molecule has 0 aliphatic carbocycles. The maximum atomic E-state index is 12.9. The third kappa shape index (κ3) is 7.05. The highest BCUT2D eigenvalue weighted by molar-refractivity contribution is 7.98. The molecule has 4 heteroatoms. The Morgan fingerprint density at radius 2 is 1.71 bits per heavy atom. The van der Waals surface area contributed by atoms with Crippen molar-refractivity contribution in [1.29, 1.82) is 0 Å². The summed E-state index contributed by atoms with van der Waals surface area (Å²) < 4.78 is 30.5. The summed E-state index contributed by atoms with van der Waals surface area (Å²) in [5.74, 6) is 1.40. The molecule has 0 radical (unpaired) electrons. The Balaban J connectivity index is 2.13. The molecule has 1 nitrogen and oxygen atoms in total.